The van der Waals surface area contributed by atoms with Crippen LogP contribution in [0.1, 0.15) is 35.3 Å². The molecule has 1 amide bonds. The van der Waals surface area contributed by atoms with Crippen LogP contribution < -0.4 is 5.32 Å². The van der Waals surface area contributed by atoms with Gasteiger partial charge in [0.1, 0.15) is 0 Å². The molecule has 0 saturated carbocycles. The lowest BCUT2D eigenvalue weighted by molar-refractivity contribution is -0.0704. The molecule has 30 heavy (non-hydrogen) atoms. The van der Waals surface area contributed by atoms with E-state index in [2.05, 4.69) is 47.2 Å². The minimum atomic E-state index is -0.0386. The fourth-order valence-corrected chi connectivity index (χ4v) is 4.22. The van der Waals surface area contributed by atoms with Crippen LogP contribution in [0, 0.1) is 0 Å². The monoisotopic (exact) mass is 403 g/mol. The highest BCUT2D eigenvalue weighted by molar-refractivity contribution is 5.94. The maximum atomic E-state index is 12.5. The van der Waals surface area contributed by atoms with Gasteiger partial charge in [-0.3, -0.25) is 14.7 Å². The van der Waals surface area contributed by atoms with Crippen LogP contribution in [0.5, 0.6) is 0 Å². The van der Waals surface area contributed by atoms with E-state index >= 15 is 0 Å². The van der Waals surface area contributed by atoms with Gasteiger partial charge >= 0.3 is 0 Å². The molecule has 0 aliphatic carbocycles. The van der Waals surface area contributed by atoms with Gasteiger partial charge in [0, 0.05) is 43.3 Å². The third-order valence-corrected chi connectivity index (χ3v) is 5.51. The Kier molecular flexibility index (Phi) is 6.41. The van der Waals surface area contributed by atoms with Crippen LogP contribution in [0.25, 0.3) is 10.9 Å². The standard InChI is InChI=1S/C25H29N3O2/c1-18-15-28(16-19(2)30-18)17-20-8-10-23(11-9-20)25(29)27-14-12-22-6-3-5-21-7-4-13-26-24(21)22/h3-11,13,18-19H,12,14-17H2,1-2H3,(H,27,29). The van der Waals surface area contributed by atoms with Gasteiger partial charge in [0.15, 0.2) is 0 Å². The molecule has 0 bridgehead atoms. The number of nitrogens with zero attached hydrogens (tertiary/aromatic N) is 2. The molecule has 1 aliphatic heterocycles. The van der Waals surface area contributed by atoms with Crippen LogP contribution in [-0.2, 0) is 17.7 Å². The summed E-state index contributed by atoms with van der Waals surface area (Å²) in [4.78, 5) is 19.4. The molecule has 1 aromatic heterocycles. The molecule has 0 spiro atoms. The number of para-hydroxylation sites is 1. The second-order valence-corrected chi connectivity index (χ2v) is 8.15. The number of carbonyl (C=O) groups is 1. The Hall–Kier alpha value is -2.76. The number of aromatic nitrogens is 1. The third kappa shape index (κ3) is 5.04. The van der Waals surface area contributed by atoms with Gasteiger partial charge < -0.3 is 10.1 Å². The minimum Gasteiger partial charge on any atom is -0.373 e. The van der Waals surface area contributed by atoms with Crippen LogP contribution in [0.15, 0.2) is 60.8 Å². The topological polar surface area (TPSA) is 54.5 Å². The maximum Gasteiger partial charge on any atom is 0.251 e. The van der Waals surface area contributed by atoms with Crippen molar-refractivity contribution >= 4 is 16.8 Å². The van der Waals surface area contributed by atoms with E-state index in [0.29, 0.717) is 12.1 Å². The van der Waals surface area contributed by atoms with Crippen molar-refractivity contribution in [3.63, 3.8) is 0 Å². The Balaban J connectivity index is 1.30. The average molecular weight is 404 g/mol. The zero-order valence-electron chi connectivity index (χ0n) is 17.7. The number of morpholine rings is 1. The molecule has 5 nitrogen and oxygen atoms in total. The molecule has 2 atom stereocenters. The number of hydrogen-bond donors (Lipinski definition) is 1. The summed E-state index contributed by atoms with van der Waals surface area (Å²) < 4.78 is 5.80. The smallest absolute Gasteiger partial charge is 0.251 e. The molecule has 2 aromatic carbocycles. The number of rotatable bonds is 6. The van der Waals surface area contributed by atoms with E-state index in [1.54, 1.807) is 0 Å². The molecule has 0 radical (unpaired) electrons. The van der Waals surface area contributed by atoms with Gasteiger partial charge in [0.05, 0.1) is 17.7 Å². The third-order valence-electron chi connectivity index (χ3n) is 5.51. The number of amides is 1. The first-order chi connectivity index (χ1) is 14.6. The first kappa shape index (κ1) is 20.5. The lowest BCUT2D eigenvalue weighted by atomic mass is 10.1. The molecule has 1 aliphatic rings. The molecule has 5 heteroatoms. The van der Waals surface area contributed by atoms with Gasteiger partial charge in [-0.2, -0.15) is 0 Å². The van der Waals surface area contributed by atoms with E-state index in [0.717, 1.165) is 42.5 Å². The Morgan fingerprint density at radius 1 is 1.07 bits per heavy atom. The van der Waals surface area contributed by atoms with E-state index in [1.165, 1.54) is 5.56 Å². The predicted octanol–water partition coefficient (Wildman–Crippen LogP) is 3.82. The molecular formula is C25H29N3O2. The molecule has 2 unspecified atom stereocenters. The van der Waals surface area contributed by atoms with Crippen molar-refractivity contribution in [2.24, 2.45) is 0 Å². The summed E-state index contributed by atoms with van der Waals surface area (Å²) in [5.74, 6) is -0.0386. The van der Waals surface area contributed by atoms with Crippen molar-refractivity contribution in [2.45, 2.75) is 39.0 Å². The summed E-state index contributed by atoms with van der Waals surface area (Å²) in [5, 5.41) is 4.16. The van der Waals surface area contributed by atoms with Gasteiger partial charge in [-0.1, -0.05) is 36.4 Å². The van der Waals surface area contributed by atoms with Crippen molar-refractivity contribution in [1.29, 1.82) is 0 Å². The minimum absolute atomic E-state index is 0.0386. The van der Waals surface area contributed by atoms with Crippen molar-refractivity contribution in [3.05, 3.63) is 77.5 Å². The molecule has 2 heterocycles. The van der Waals surface area contributed by atoms with E-state index in [4.69, 9.17) is 4.74 Å². The summed E-state index contributed by atoms with van der Waals surface area (Å²) in [6, 6.07) is 18.1. The molecule has 3 aromatic rings. The van der Waals surface area contributed by atoms with Crippen molar-refractivity contribution in [1.82, 2.24) is 15.2 Å². The van der Waals surface area contributed by atoms with E-state index in [9.17, 15) is 4.79 Å². The lowest BCUT2D eigenvalue weighted by Gasteiger charge is -2.35. The van der Waals surface area contributed by atoms with Gasteiger partial charge in [0.2, 0.25) is 0 Å². The number of nitrogens with one attached hydrogen (secondary N) is 1. The molecule has 4 rings (SSSR count). The highest BCUT2D eigenvalue weighted by Gasteiger charge is 2.22. The van der Waals surface area contributed by atoms with Gasteiger partial charge in [-0.15, -0.1) is 0 Å². The zero-order valence-corrected chi connectivity index (χ0v) is 17.7. The van der Waals surface area contributed by atoms with Gasteiger partial charge in [0.25, 0.3) is 5.91 Å². The highest BCUT2D eigenvalue weighted by atomic mass is 16.5. The van der Waals surface area contributed by atoms with Gasteiger partial charge in [-0.25, -0.2) is 0 Å². The van der Waals surface area contributed by atoms with Crippen LogP contribution in [-0.4, -0.2) is 47.6 Å². The van der Waals surface area contributed by atoms with E-state index < -0.39 is 0 Å². The summed E-state index contributed by atoms with van der Waals surface area (Å²) in [6.45, 7) is 7.58. The molecule has 1 fully saturated rings. The lowest BCUT2D eigenvalue weighted by Crippen LogP contribution is -2.44. The Morgan fingerprint density at radius 3 is 2.57 bits per heavy atom. The Morgan fingerprint density at radius 2 is 1.80 bits per heavy atom. The largest absolute Gasteiger partial charge is 0.373 e. The fourth-order valence-electron chi connectivity index (χ4n) is 4.22. The number of pyridine rings is 1. The van der Waals surface area contributed by atoms with Crippen LogP contribution in [0.2, 0.25) is 0 Å². The summed E-state index contributed by atoms with van der Waals surface area (Å²) in [6.07, 6.45) is 3.09. The second-order valence-electron chi connectivity index (χ2n) is 8.15. The summed E-state index contributed by atoms with van der Waals surface area (Å²) >= 11 is 0. The van der Waals surface area contributed by atoms with E-state index in [-0.39, 0.29) is 18.1 Å². The molecule has 1 N–H and O–H groups in total. The maximum absolute atomic E-state index is 12.5. The van der Waals surface area contributed by atoms with Crippen LogP contribution >= 0.6 is 0 Å². The van der Waals surface area contributed by atoms with Crippen molar-refractivity contribution < 1.29 is 9.53 Å². The highest BCUT2D eigenvalue weighted by Crippen LogP contribution is 2.17. The number of fused-ring (bicyclic) bond motifs is 1. The number of carbonyl (C=O) groups excluding carboxylic acids is 1. The van der Waals surface area contributed by atoms with Crippen molar-refractivity contribution in [3.8, 4) is 0 Å². The van der Waals surface area contributed by atoms with Gasteiger partial charge in [-0.05, 0) is 49.6 Å². The normalized spacial score (nSPS) is 19.7. The van der Waals surface area contributed by atoms with Crippen LogP contribution in [0.4, 0.5) is 0 Å². The average Bonchev–Trinajstić information content (AvgIpc) is 2.73. The Bertz CT molecular complexity index is 987. The second kappa shape index (κ2) is 9.37. The number of benzene rings is 2. The fraction of sp³-hybridized carbons (Fsp3) is 0.360. The SMILES string of the molecule is CC1CN(Cc2ccc(C(=O)NCCc3cccc4cccnc34)cc2)CC(C)O1. The number of hydrogen-bond acceptors (Lipinski definition) is 4. The summed E-state index contributed by atoms with van der Waals surface area (Å²) in [5.41, 5.74) is 4.07. The van der Waals surface area contributed by atoms with Crippen LogP contribution in [0.3, 0.4) is 0 Å². The molecule has 156 valence electrons. The molecular weight excluding hydrogens is 374 g/mol. The first-order valence-electron chi connectivity index (χ1n) is 10.7. The summed E-state index contributed by atoms with van der Waals surface area (Å²) in [7, 11) is 0. The zero-order chi connectivity index (χ0) is 20.9. The quantitative estimate of drug-likeness (QED) is 0.680. The molecule has 1 saturated heterocycles. The predicted molar refractivity (Wildman–Crippen MR) is 120 cm³/mol. The first-order valence-corrected chi connectivity index (χ1v) is 10.7. The Labute approximate surface area is 178 Å². The van der Waals surface area contributed by atoms with Crippen molar-refractivity contribution in [2.75, 3.05) is 19.6 Å². The van der Waals surface area contributed by atoms with E-state index in [1.807, 2.05) is 42.6 Å². The number of ether oxygens (including phenoxy) is 1.